The van der Waals surface area contributed by atoms with E-state index < -0.39 is 5.38 Å². The van der Waals surface area contributed by atoms with Crippen LogP contribution in [-0.4, -0.2) is 16.8 Å². The van der Waals surface area contributed by atoms with Crippen LogP contribution in [0.15, 0.2) is 48.5 Å². The molecule has 0 radical (unpaired) electrons. The Morgan fingerprint density at radius 1 is 1.08 bits per heavy atom. The molecule has 132 valence electrons. The first kappa shape index (κ1) is 18.3. The molecule has 2 aromatic carbocycles. The van der Waals surface area contributed by atoms with E-state index >= 15 is 0 Å². The number of nitrogens with zero attached hydrogens (tertiary/aromatic N) is 1. The molecule has 0 aromatic heterocycles. The van der Waals surface area contributed by atoms with Crippen LogP contribution in [0.2, 0.25) is 5.02 Å². The van der Waals surface area contributed by atoms with Crippen molar-refractivity contribution in [3.05, 3.63) is 64.7 Å². The number of carbonyl (C=O) groups excluding carboxylic acids is 1. The Morgan fingerprint density at radius 3 is 2.28 bits per heavy atom. The van der Waals surface area contributed by atoms with Gasteiger partial charge in [0.25, 0.3) is 0 Å². The highest BCUT2D eigenvalue weighted by Gasteiger charge is 2.48. The van der Waals surface area contributed by atoms with Gasteiger partial charge in [0.05, 0.1) is 0 Å². The molecule has 1 heterocycles. The third-order valence-electron chi connectivity index (χ3n) is 5.17. The number of amides is 1. The molecule has 0 aliphatic carbocycles. The zero-order valence-electron chi connectivity index (χ0n) is 15.0. The molecule has 0 saturated heterocycles. The second kappa shape index (κ2) is 6.34. The lowest BCUT2D eigenvalue weighted by Gasteiger charge is -2.51. The molecule has 1 aliphatic heterocycles. The van der Waals surface area contributed by atoms with Crippen molar-refractivity contribution < 1.29 is 4.79 Å². The number of rotatable bonds is 2. The summed E-state index contributed by atoms with van der Waals surface area (Å²) >= 11 is 12.2. The predicted octanol–water partition coefficient (Wildman–Crippen LogP) is 5.79. The molecule has 4 heteroatoms. The van der Waals surface area contributed by atoms with E-state index in [9.17, 15) is 4.79 Å². The summed E-state index contributed by atoms with van der Waals surface area (Å²) in [6.07, 6.45) is 0.800. The van der Waals surface area contributed by atoms with Crippen molar-refractivity contribution in [2.45, 2.75) is 50.4 Å². The van der Waals surface area contributed by atoms with E-state index in [-0.39, 0.29) is 16.9 Å². The average Bonchev–Trinajstić information content (AvgIpc) is 2.54. The fourth-order valence-corrected chi connectivity index (χ4v) is 4.39. The zero-order valence-corrected chi connectivity index (χ0v) is 16.5. The van der Waals surface area contributed by atoms with E-state index in [1.165, 1.54) is 5.56 Å². The van der Waals surface area contributed by atoms with Crippen LogP contribution in [0, 0.1) is 0 Å². The first-order valence-electron chi connectivity index (χ1n) is 8.50. The molecule has 0 bridgehead atoms. The second-order valence-electron chi connectivity index (χ2n) is 7.64. The lowest BCUT2D eigenvalue weighted by atomic mass is 9.65. The Kier molecular flexibility index (Phi) is 4.63. The Bertz CT molecular complexity index is 798. The van der Waals surface area contributed by atoms with Gasteiger partial charge in [-0.2, -0.15) is 0 Å². The number of halogens is 2. The predicted molar refractivity (Wildman–Crippen MR) is 106 cm³/mol. The maximum absolute atomic E-state index is 12.8. The molecule has 0 N–H and O–H groups in total. The minimum Gasteiger partial charge on any atom is -0.305 e. The van der Waals surface area contributed by atoms with E-state index in [4.69, 9.17) is 23.2 Å². The molecular formula is C21H23Cl2NO. The van der Waals surface area contributed by atoms with Crippen molar-refractivity contribution in [2.24, 2.45) is 0 Å². The minimum atomic E-state index is -0.563. The van der Waals surface area contributed by atoms with Crippen molar-refractivity contribution in [1.29, 1.82) is 0 Å². The van der Waals surface area contributed by atoms with Crippen LogP contribution in [0.1, 0.15) is 45.2 Å². The van der Waals surface area contributed by atoms with Crippen molar-refractivity contribution in [3.63, 3.8) is 0 Å². The van der Waals surface area contributed by atoms with E-state index in [0.717, 1.165) is 22.7 Å². The van der Waals surface area contributed by atoms with Gasteiger partial charge >= 0.3 is 0 Å². The molecule has 0 spiro atoms. The molecule has 0 fully saturated rings. The standard InChI is InChI=1S/C21H23Cl2NO/c1-14(22)19(25)24-18-8-6-5-7-17(18)21(4,13-20(24,2)3)15-9-11-16(23)12-10-15/h5-12,14H,13H2,1-4H3/t14-,21+/m0/s1. The van der Waals surface area contributed by atoms with Crippen molar-refractivity contribution in [2.75, 3.05) is 4.90 Å². The van der Waals surface area contributed by atoms with Gasteiger partial charge in [-0.15, -0.1) is 11.6 Å². The molecule has 3 rings (SSSR count). The van der Waals surface area contributed by atoms with Crippen LogP contribution in [0.4, 0.5) is 5.69 Å². The molecule has 0 saturated carbocycles. The number of benzene rings is 2. The first-order chi connectivity index (χ1) is 11.7. The Labute approximate surface area is 159 Å². The van der Waals surface area contributed by atoms with Gasteiger partial charge in [-0.05, 0) is 56.5 Å². The molecule has 2 aromatic rings. The Balaban J connectivity index is 2.22. The van der Waals surface area contributed by atoms with Gasteiger partial charge in [-0.25, -0.2) is 0 Å². The van der Waals surface area contributed by atoms with Gasteiger partial charge in [0.1, 0.15) is 5.38 Å². The summed E-state index contributed by atoms with van der Waals surface area (Å²) in [5, 5.41) is 0.163. The summed E-state index contributed by atoms with van der Waals surface area (Å²) in [5.74, 6) is -0.0581. The van der Waals surface area contributed by atoms with E-state index in [2.05, 4.69) is 39.0 Å². The fraction of sp³-hybridized carbons (Fsp3) is 0.381. The second-order valence-corrected chi connectivity index (χ2v) is 8.73. The first-order valence-corrected chi connectivity index (χ1v) is 9.32. The lowest BCUT2D eigenvalue weighted by molar-refractivity contribution is -0.119. The highest BCUT2D eigenvalue weighted by molar-refractivity contribution is 6.32. The summed E-state index contributed by atoms with van der Waals surface area (Å²) in [5.41, 5.74) is 2.71. The topological polar surface area (TPSA) is 20.3 Å². The van der Waals surface area contributed by atoms with E-state index in [0.29, 0.717) is 0 Å². The van der Waals surface area contributed by atoms with Gasteiger partial charge < -0.3 is 4.90 Å². The molecule has 1 amide bonds. The summed E-state index contributed by atoms with van der Waals surface area (Å²) in [4.78, 5) is 14.7. The normalized spacial score (nSPS) is 23.0. The number of hydrogen-bond donors (Lipinski definition) is 0. The number of fused-ring (bicyclic) bond motifs is 1. The molecule has 2 nitrogen and oxygen atoms in total. The van der Waals surface area contributed by atoms with Gasteiger partial charge in [0, 0.05) is 21.7 Å². The summed E-state index contributed by atoms with van der Waals surface area (Å²) in [7, 11) is 0. The third-order valence-corrected chi connectivity index (χ3v) is 5.61. The van der Waals surface area contributed by atoms with Gasteiger partial charge in [0.2, 0.25) is 5.91 Å². The maximum atomic E-state index is 12.8. The average molecular weight is 376 g/mol. The number of carbonyl (C=O) groups is 1. The van der Waals surface area contributed by atoms with Gasteiger partial charge in [0.15, 0.2) is 0 Å². The van der Waals surface area contributed by atoms with Crippen LogP contribution >= 0.6 is 23.2 Å². The number of alkyl halides is 1. The van der Waals surface area contributed by atoms with Gasteiger partial charge in [-0.3, -0.25) is 4.79 Å². The van der Waals surface area contributed by atoms with Crippen LogP contribution in [0.25, 0.3) is 0 Å². The zero-order chi connectivity index (χ0) is 18.4. The molecule has 1 aliphatic rings. The quantitative estimate of drug-likeness (QED) is 0.608. The highest BCUT2D eigenvalue weighted by atomic mass is 35.5. The van der Waals surface area contributed by atoms with E-state index in [1.807, 2.05) is 35.2 Å². The van der Waals surface area contributed by atoms with Crippen molar-refractivity contribution >= 4 is 34.8 Å². The number of anilines is 1. The summed E-state index contributed by atoms with van der Waals surface area (Å²) in [6.45, 7) is 8.18. The fourth-order valence-electron chi connectivity index (χ4n) is 4.17. The molecule has 2 atom stereocenters. The SMILES string of the molecule is C[C@H](Cl)C(=O)N1c2ccccc2[C@@](C)(c2ccc(Cl)cc2)CC1(C)C. The molecule has 25 heavy (non-hydrogen) atoms. The third kappa shape index (κ3) is 3.07. The maximum Gasteiger partial charge on any atom is 0.245 e. The van der Waals surface area contributed by atoms with Crippen LogP contribution in [-0.2, 0) is 10.2 Å². The summed E-state index contributed by atoms with van der Waals surface area (Å²) in [6, 6.07) is 16.1. The smallest absolute Gasteiger partial charge is 0.245 e. The Hall–Kier alpha value is -1.51. The van der Waals surface area contributed by atoms with Crippen LogP contribution < -0.4 is 4.90 Å². The molecule has 0 unspecified atom stereocenters. The monoisotopic (exact) mass is 375 g/mol. The Morgan fingerprint density at radius 2 is 1.68 bits per heavy atom. The largest absolute Gasteiger partial charge is 0.305 e. The molecular weight excluding hydrogens is 353 g/mol. The summed E-state index contributed by atoms with van der Waals surface area (Å²) < 4.78 is 0. The van der Waals surface area contributed by atoms with Crippen molar-refractivity contribution in [1.82, 2.24) is 0 Å². The number of hydrogen-bond acceptors (Lipinski definition) is 1. The number of para-hydroxylation sites is 1. The lowest BCUT2D eigenvalue weighted by Crippen LogP contribution is -2.57. The van der Waals surface area contributed by atoms with Crippen molar-refractivity contribution in [3.8, 4) is 0 Å². The van der Waals surface area contributed by atoms with Gasteiger partial charge in [-0.1, -0.05) is 48.9 Å². The van der Waals surface area contributed by atoms with Crippen LogP contribution in [0.3, 0.4) is 0 Å². The van der Waals surface area contributed by atoms with E-state index in [1.54, 1.807) is 6.92 Å². The highest BCUT2D eigenvalue weighted by Crippen LogP contribution is 2.50. The minimum absolute atomic E-state index is 0.0581. The van der Waals surface area contributed by atoms with Crippen LogP contribution in [0.5, 0.6) is 0 Å².